The number of hydrogen-bond acceptors (Lipinski definition) is 2. The smallest absolute Gasteiger partial charge is 0.203 e. The number of benzene rings is 1. The normalized spacial score (nSPS) is 10.4. The minimum atomic E-state index is 0.0117. The molecule has 16 heavy (non-hydrogen) atoms. The highest BCUT2D eigenvalue weighted by Crippen LogP contribution is 2.24. The average Bonchev–Trinajstić information content (AvgIpc) is 2.68. The van der Waals surface area contributed by atoms with Crippen LogP contribution in [-0.2, 0) is 0 Å². The van der Waals surface area contributed by atoms with Crippen LogP contribution in [0.1, 0.15) is 20.8 Å². The van der Waals surface area contributed by atoms with Crippen LogP contribution in [0.15, 0.2) is 34.1 Å². The highest BCUT2D eigenvalue weighted by molar-refractivity contribution is 9.10. The molecule has 0 radical (unpaired) electrons. The lowest BCUT2D eigenvalue weighted by Gasteiger charge is -2.01. The Morgan fingerprint density at radius 3 is 2.69 bits per heavy atom. The van der Waals surface area contributed by atoms with Gasteiger partial charge in [0, 0.05) is 20.4 Å². The van der Waals surface area contributed by atoms with Crippen molar-refractivity contribution < 1.29 is 4.79 Å². The van der Waals surface area contributed by atoms with E-state index < -0.39 is 0 Å². The molecule has 0 aliphatic rings. The van der Waals surface area contributed by atoms with Crippen molar-refractivity contribution in [3.8, 4) is 0 Å². The summed E-state index contributed by atoms with van der Waals surface area (Å²) in [7, 11) is 0. The van der Waals surface area contributed by atoms with Crippen LogP contribution in [0.4, 0.5) is 0 Å². The van der Waals surface area contributed by atoms with E-state index in [-0.39, 0.29) is 5.78 Å². The minimum Gasteiger partial charge on any atom is -0.288 e. The molecule has 0 unspecified atom stereocenters. The fourth-order valence-corrected chi connectivity index (χ4v) is 2.88. The summed E-state index contributed by atoms with van der Waals surface area (Å²) in [6.07, 6.45) is 0. The fraction of sp³-hybridized carbons (Fsp3) is 0.0833. The number of aryl methyl sites for hydroxylation is 1. The van der Waals surface area contributed by atoms with Crippen molar-refractivity contribution in [2.45, 2.75) is 6.92 Å². The number of thiophene rings is 1. The Kier molecular flexibility index (Phi) is 3.47. The molecule has 0 aliphatic heterocycles. The maximum atomic E-state index is 12.1. The molecule has 0 saturated heterocycles. The number of ketones is 1. The summed E-state index contributed by atoms with van der Waals surface area (Å²) >= 11 is 10.7. The Morgan fingerprint density at radius 1 is 1.38 bits per heavy atom. The zero-order valence-corrected chi connectivity index (χ0v) is 11.6. The van der Waals surface area contributed by atoms with Gasteiger partial charge >= 0.3 is 0 Å². The van der Waals surface area contributed by atoms with E-state index in [4.69, 9.17) is 11.6 Å². The molecule has 0 N–H and O–H groups in total. The van der Waals surface area contributed by atoms with Gasteiger partial charge in [-0.05, 0) is 40.5 Å². The lowest BCUT2D eigenvalue weighted by Crippen LogP contribution is -1.98. The third-order valence-corrected chi connectivity index (χ3v) is 4.32. The Hall–Kier alpha value is -0.640. The maximum Gasteiger partial charge on any atom is 0.203 e. The van der Waals surface area contributed by atoms with E-state index in [1.807, 2.05) is 24.4 Å². The van der Waals surface area contributed by atoms with E-state index in [2.05, 4.69) is 15.9 Å². The van der Waals surface area contributed by atoms with Crippen LogP contribution in [0, 0.1) is 6.92 Å². The third-order valence-electron chi connectivity index (χ3n) is 2.23. The summed E-state index contributed by atoms with van der Waals surface area (Å²) in [6, 6.07) is 7.20. The summed E-state index contributed by atoms with van der Waals surface area (Å²) in [5.74, 6) is 0.0117. The van der Waals surface area contributed by atoms with Gasteiger partial charge in [-0.3, -0.25) is 4.79 Å². The molecule has 2 rings (SSSR count). The van der Waals surface area contributed by atoms with Gasteiger partial charge in [0.15, 0.2) is 0 Å². The SMILES string of the molecule is Cc1ccc(C(=O)c2cc(Br)cs2)cc1Cl. The van der Waals surface area contributed by atoms with Crippen molar-refractivity contribution in [3.05, 3.63) is 55.1 Å². The number of hydrogen-bond donors (Lipinski definition) is 0. The first kappa shape index (κ1) is 11.8. The van der Waals surface area contributed by atoms with Crippen LogP contribution in [0.25, 0.3) is 0 Å². The second kappa shape index (κ2) is 4.70. The van der Waals surface area contributed by atoms with Gasteiger partial charge in [-0.25, -0.2) is 0 Å². The summed E-state index contributed by atoms with van der Waals surface area (Å²) < 4.78 is 0.930. The van der Waals surface area contributed by atoms with Gasteiger partial charge in [-0.2, -0.15) is 0 Å². The topological polar surface area (TPSA) is 17.1 Å². The maximum absolute atomic E-state index is 12.1. The van der Waals surface area contributed by atoms with E-state index in [1.165, 1.54) is 11.3 Å². The van der Waals surface area contributed by atoms with Crippen molar-refractivity contribution in [1.29, 1.82) is 0 Å². The summed E-state index contributed by atoms with van der Waals surface area (Å²) in [5.41, 5.74) is 1.61. The monoisotopic (exact) mass is 314 g/mol. The highest BCUT2D eigenvalue weighted by atomic mass is 79.9. The van der Waals surface area contributed by atoms with E-state index in [1.54, 1.807) is 12.1 Å². The van der Waals surface area contributed by atoms with Crippen LogP contribution in [0.5, 0.6) is 0 Å². The molecule has 1 nitrogen and oxygen atoms in total. The van der Waals surface area contributed by atoms with Crippen molar-refractivity contribution in [1.82, 2.24) is 0 Å². The van der Waals surface area contributed by atoms with Crippen molar-refractivity contribution in [2.75, 3.05) is 0 Å². The average molecular weight is 316 g/mol. The van der Waals surface area contributed by atoms with Gasteiger partial charge in [0.05, 0.1) is 4.88 Å². The van der Waals surface area contributed by atoms with Crippen LogP contribution in [0.2, 0.25) is 5.02 Å². The molecular weight excluding hydrogens is 308 g/mol. The standard InChI is InChI=1S/C12H8BrClOS/c1-7-2-3-8(4-10(7)14)12(15)11-5-9(13)6-16-11/h2-6H,1H3. The predicted octanol–water partition coefficient (Wildman–Crippen LogP) is 4.70. The number of carbonyl (C=O) groups excluding carboxylic acids is 1. The molecular formula is C12H8BrClOS. The Balaban J connectivity index is 2.38. The quantitative estimate of drug-likeness (QED) is 0.734. The van der Waals surface area contributed by atoms with Gasteiger partial charge in [0.2, 0.25) is 5.78 Å². The molecule has 4 heteroatoms. The van der Waals surface area contributed by atoms with E-state index in [0.29, 0.717) is 15.5 Å². The minimum absolute atomic E-state index is 0.0117. The molecule has 0 amide bonds. The highest BCUT2D eigenvalue weighted by Gasteiger charge is 2.12. The number of rotatable bonds is 2. The third kappa shape index (κ3) is 2.37. The molecule has 2 aromatic rings. The Morgan fingerprint density at radius 2 is 2.12 bits per heavy atom. The van der Waals surface area contributed by atoms with Gasteiger partial charge in [-0.15, -0.1) is 11.3 Å². The molecule has 0 spiro atoms. The lowest BCUT2D eigenvalue weighted by molar-refractivity contribution is 0.104. The molecule has 1 aromatic heterocycles. The second-order valence-corrected chi connectivity index (χ2v) is 5.66. The predicted molar refractivity (Wildman–Crippen MR) is 71.6 cm³/mol. The van der Waals surface area contributed by atoms with Crippen LogP contribution >= 0.6 is 38.9 Å². The lowest BCUT2D eigenvalue weighted by atomic mass is 10.1. The van der Waals surface area contributed by atoms with Gasteiger partial charge in [0.1, 0.15) is 0 Å². The molecule has 0 atom stereocenters. The second-order valence-electron chi connectivity index (χ2n) is 3.42. The van der Waals surface area contributed by atoms with E-state index in [9.17, 15) is 4.79 Å². The molecule has 1 heterocycles. The van der Waals surface area contributed by atoms with Gasteiger partial charge in [0.25, 0.3) is 0 Å². The molecule has 82 valence electrons. The molecule has 0 aliphatic carbocycles. The van der Waals surface area contributed by atoms with E-state index >= 15 is 0 Å². The van der Waals surface area contributed by atoms with E-state index in [0.717, 1.165) is 10.0 Å². The van der Waals surface area contributed by atoms with Crippen LogP contribution in [0.3, 0.4) is 0 Å². The fourth-order valence-electron chi connectivity index (χ4n) is 1.31. The Labute approximate surface area is 111 Å². The zero-order chi connectivity index (χ0) is 11.7. The molecule has 0 bridgehead atoms. The summed E-state index contributed by atoms with van der Waals surface area (Å²) in [6.45, 7) is 1.91. The molecule has 0 fully saturated rings. The van der Waals surface area contributed by atoms with Crippen molar-refractivity contribution >= 4 is 44.7 Å². The van der Waals surface area contributed by atoms with Gasteiger partial charge < -0.3 is 0 Å². The Bertz CT molecular complexity index is 548. The zero-order valence-electron chi connectivity index (χ0n) is 8.46. The number of halogens is 2. The summed E-state index contributed by atoms with van der Waals surface area (Å²) in [5, 5.41) is 2.52. The molecule has 0 saturated carbocycles. The van der Waals surface area contributed by atoms with Crippen LogP contribution < -0.4 is 0 Å². The first-order chi connectivity index (χ1) is 7.58. The van der Waals surface area contributed by atoms with Crippen LogP contribution in [-0.4, -0.2) is 5.78 Å². The first-order valence-electron chi connectivity index (χ1n) is 4.63. The number of carbonyl (C=O) groups is 1. The van der Waals surface area contributed by atoms with Gasteiger partial charge in [-0.1, -0.05) is 23.7 Å². The molecule has 1 aromatic carbocycles. The first-order valence-corrected chi connectivity index (χ1v) is 6.68. The summed E-state index contributed by atoms with van der Waals surface area (Å²) in [4.78, 5) is 12.8. The largest absolute Gasteiger partial charge is 0.288 e. The van der Waals surface area contributed by atoms with Crippen molar-refractivity contribution in [3.63, 3.8) is 0 Å². The van der Waals surface area contributed by atoms with Crippen molar-refractivity contribution in [2.24, 2.45) is 0 Å².